The van der Waals surface area contributed by atoms with Gasteiger partial charge in [0.1, 0.15) is 0 Å². The van der Waals surface area contributed by atoms with Crippen molar-refractivity contribution in [3.05, 3.63) is 72.4 Å². The van der Waals surface area contributed by atoms with Crippen LogP contribution in [0.4, 0.5) is 5.69 Å². The van der Waals surface area contributed by atoms with Crippen LogP contribution in [0.15, 0.2) is 66.9 Å². The molecule has 1 fully saturated rings. The Morgan fingerprint density at radius 1 is 0.833 bits per heavy atom. The molecule has 4 rings (SSSR count). The van der Waals surface area contributed by atoms with E-state index in [1.54, 1.807) is 0 Å². The number of nitrogens with zero attached hydrogens (tertiary/aromatic N) is 3. The Hall–Kier alpha value is -2.39. The molecule has 2 heterocycles. The van der Waals surface area contributed by atoms with E-state index in [1.165, 1.54) is 16.6 Å². The third kappa shape index (κ3) is 3.41. The van der Waals surface area contributed by atoms with Gasteiger partial charge in [-0.25, -0.2) is 0 Å². The summed E-state index contributed by atoms with van der Waals surface area (Å²) < 4.78 is 0. The molecule has 1 aromatic heterocycles. The van der Waals surface area contributed by atoms with E-state index in [0.717, 1.165) is 44.7 Å². The number of pyridine rings is 1. The minimum atomic E-state index is 1.07. The lowest BCUT2D eigenvalue weighted by atomic mass is 10.1. The smallest absolute Gasteiger partial charge is 0.0703 e. The van der Waals surface area contributed by atoms with Crippen molar-refractivity contribution in [3.63, 3.8) is 0 Å². The van der Waals surface area contributed by atoms with E-state index in [2.05, 4.69) is 69.4 Å². The van der Waals surface area contributed by atoms with Gasteiger partial charge in [0.2, 0.25) is 0 Å². The highest BCUT2D eigenvalue weighted by Gasteiger charge is 2.17. The molecule has 0 unspecified atom stereocenters. The number of piperazine rings is 1. The Morgan fingerprint density at radius 3 is 2.42 bits per heavy atom. The fourth-order valence-corrected chi connectivity index (χ4v) is 3.39. The molecule has 0 N–H and O–H groups in total. The molecule has 0 radical (unpaired) electrons. The summed E-state index contributed by atoms with van der Waals surface area (Å²) >= 11 is 0. The third-order valence-electron chi connectivity index (χ3n) is 4.87. The van der Waals surface area contributed by atoms with Crippen LogP contribution in [-0.2, 0) is 6.42 Å². The molecule has 0 amide bonds. The minimum absolute atomic E-state index is 1.07. The normalized spacial score (nSPS) is 15.8. The van der Waals surface area contributed by atoms with Gasteiger partial charge in [0.25, 0.3) is 0 Å². The number of hydrogen-bond acceptors (Lipinski definition) is 3. The zero-order chi connectivity index (χ0) is 16.2. The standard InChI is InChI=1S/C21H23N3/c1-2-6-18(7-3-1)10-11-23-12-14-24(15-13-23)20-16-19-8-4-5-9-21(19)22-17-20/h1-9,16-17H,10-15H2. The lowest BCUT2D eigenvalue weighted by Gasteiger charge is -2.36. The van der Waals surface area contributed by atoms with Crippen molar-refractivity contribution in [3.8, 4) is 0 Å². The molecular weight excluding hydrogens is 294 g/mol. The first-order chi connectivity index (χ1) is 11.9. The number of anilines is 1. The molecule has 122 valence electrons. The van der Waals surface area contributed by atoms with E-state index in [1.807, 2.05) is 12.3 Å². The second-order valence-electron chi connectivity index (χ2n) is 6.45. The van der Waals surface area contributed by atoms with Crippen LogP contribution in [0.25, 0.3) is 10.9 Å². The van der Waals surface area contributed by atoms with Crippen molar-refractivity contribution >= 4 is 16.6 Å². The highest BCUT2D eigenvalue weighted by Crippen LogP contribution is 2.21. The van der Waals surface area contributed by atoms with E-state index < -0.39 is 0 Å². The lowest BCUT2D eigenvalue weighted by molar-refractivity contribution is 0.261. The molecule has 0 spiro atoms. The number of rotatable bonds is 4. The van der Waals surface area contributed by atoms with Crippen LogP contribution in [0.2, 0.25) is 0 Å². The zero-order valence-electron chi connectivity index (χ0n) is 13.9. The van der Waals surface area contributed by atoms with Gasteiger partial charge in [0, 0.05) is 38.1 Å². The molecule has 3 nitrogen and oxygen atoms in total. The maximum Gasteiger partial charge on any atom is 0.0703 e. The van der Waals surface area contributed by atoms with Crippen LogP contribution in [0.1, 0.15) is 5.56 Å². The fraction of sp³-hybridized carbons (Fsp3) is 0.286. The van der Waals surface area contributed by atoms with Gasteiger partial charge < -0.3 is 4.90 Å². The minimum Gasteiger partial charge on any atom is -0.368 e. The van der Waals surface area contributed by atoms with Crippen molar-refractivity contribution in [2.75, 3.05) is 37.6 Å². The van der Waals surface area contributed by atoms with Gasteiger partial charge >= 0.3 is 0 Å². The molecule has 1 saturated heterocycles. The second kappa shape index (κ2) is 7.02. The Labute approximate surface area is 143 Å². The molecule has 2 aromatic carbocycles. The van der Waals surface area contributed by atoms with Crippen LogP contribution in [0, 0.1) is 0 Å². The van der Waals surface area contributed by atoms with Gasteiger partial charge in [-0.2, -0.15) is 0 Å². The number of benzene rings is 2. The molecule has 0 aliphatic carbocycles. The molecule has 1 aliphatic rings. The molecule has 0 saturated carbocycles. The molecule has 0 atom stereocenters. The number of hydrogen-bond donors (Lipinski definition) is 0. The van der Waals surface area contributed by atoms with Gasteiger partial charge in [-0.15, -0.1) is 0 Å². The van der Waals surface area contributed by atoms with Crippen LogP contribution in [-0.4, -0.2) is 42.6 Å². The summed E-state index contributed by atoms with van der Waals surface area (Å²) in [5.74, 6) is 0. The first-order valence-corrected chi connectivity index (χ1v) is 8.74. The summed E-state index contributed by atoms with van der Waals surface area (Å²) in [5, 5.41) is 1.22. The molecule has 0 bridgehead atoms. The first kappa shape index (κ1) is 15.2. The van der Waals surface area contributed by atoms with Crippen molar-refractivity contribution < 1.29 is 0 Å². The zero-order valence-corrected chi connectivity index (χ0v) is 13.9. The van der Waals surface area contributed by atoms with E-state index >= 15 is 0 Å². The predicted molar refractivity (Wildman–Crippen MR) is 101 cm³/mol. The summed E-state index contributed by atoms with van der Waals surface area (Å²) in [7, 11) is 0. The third-order valence-corrected chi connectivity index (χ3v) is 4.87. The monoisotopic (exact) mass is 317 g/mol. The van der Waals surface area contributed by atoms with E-state index in [4.69, 9.17) is 0 Å². The summed E-state index contributed by atoms with van der Waals surface area (Å²) in [5.41, 5.74) is 3.75. The Bertz CT molecular complexity index is 792. The van der Waals surface area contributed by atoms with E-state index in [0.29, 0.717) is 0 Å². The molecule has 1 aliphatic heterocycles. The molecule has 24 heavy (non-hydrogen) atoms. The number of para-hydroxylation sites is 1. The topological polar surface area (TPSA) is 19.4 Å². The predicted octanol–water partition coefficient (Wildman–Crippen LogP) is 3.60. The maximum atomic E-state index is 4.60. The summed E-state index contributed by atoms with van der Waals surface area (Å²) in [6.07, 6.45) is 3.15. The van der Waals surface area contributed by atoms with E-state index in [-0.39, 0.29) is 0 Å². The van der Waals surface area contributed by atoms with Gasteiger partial charge in [0.05, 0.1) is 17.4 Å². The highest BCUT2D eigenvalue weighted by atomic mass is 15.3. The van der Waals surface area contributed by atoms with E-state index in [9.17, 15) is 0 Å². The van der Waals surface area contributed by atoms with Crippen LogP contribution >= 0.6 is 0 Å². The number of fused-ring (bicyclic) bond motifs is 1. The number of aromatic nitrogens is 1. The van der Waals surface area contributed by atoms with Crippen LogP contribution in [0.3, 0.4) is 0 Å². The average molecular weight is 317 g/mol. The van der Waals surface area contributed by atoms with Crippen molar-refractivity contribution in [1.82, 2.24) is 9.88 Å². The van der Waals surface area contributed by atoms with Gasteiger partial charge in [-0.3, -0.25) is 9.88 Å². The maximum absolute atomic E-state index is 4.60. The molecular formula is C21H23N3. The molecule has 3 heteroatoms. The molecule has 3 aromatic rings. The van der Waals surface area contributed by atoms with Crippen molar-refractivity contribution in [2.24, 2.45) is 0 Å². The van der Waals surface area contributed by atoms with Crippen molar-refractivity contribution in [2.45, 2.75) is 6.42 Å². The summed E-state index contributed by atoms with van der Waals surface area (Å²) in [6, 6.07) is 21.4. The van der Waals surface area contributed by atoms with Crippen LogP contribution < -0.4 is 4.90 Å². The fourth-order valence-electron chi connectivity index (χ4n) is 3.39. The second-order valence-corrected chi connectivity index (χ2v) is 6.45. The van der Waals surface area contributed by atoms with Gasteiger partial charge in [-0.05, 0) is 24.1 Å². The van der Waals surface area contributed by atoms with Crippen molar-refractivity contribution in [1.29, 1.82) is 0 Å². The average Bonchev–Trinajstić information content (AvgIpc) is 2.67. The highest BCUT2D eigenvalue weighted by molar-refractivity contribution is 5.81. The Kier molecular flexibility index (Phi) is 4.43. The SMILES string of the molecule is c1ccc(CCN2CCN(c3cnc4ccccc4c3)CC2)cc1. The van der Waals surface area contributed by atoms with Crippen LogP contribution in [0.5, 0.6) is 0 Å². The van der Waals surface area contributed by atoms with Gasteiger partial charge in [0.15, 0.2) is 0 Å². The first-order valence-electron chi connectivity index (χ1n) is 8.74. The quantitative estimate of drug-likeness (QED) is 0.733. The summed E-state index contributed by atoms with van der Waals surface area (Å²) in [6.45, 7) is 5.55. The Balaban J connectivity index is 1.35. The van der Waals surface area contributed by atoms with Gasteiger partial charge in [-0.1, -0.05) is 48.5 Å². The lowest BCUT2D eigenvalue weighted by Crippen LogP contribution is -2.47. The Morgan fingerprint density at radius 2 is 1.58 bits per heavy atom. The largest absolute Gasteiger partial charge is 0.368 e. The summed E-state index contributed by atoms with van der Waals surface area (Å²) in [4.78, 5) is 9.62.